The first kappa shape index (κ1) is 56.2. The van der Waals surface area contributed by atoms with E-state index in [-0.39, 0.29) is 0 Å². The summed E-state index contributed by atoms with van der Waals surface area (Å²) in [7, 11) is 5.25. The highest BCUT2D eigenvalue weighted by molar-refractivity contribution is 6.17. The predicted octanol–water partition coefficient (Wildman–Crippen LogP) is 18.2. The normalized spacial score (nSPS) is 14.3. The highest BCUT2D eigenvalue weighted by Crippen LogP contribution is 2.46. The molecule has 0 atom stereocenters. The Morgan fingerprint density at radius 2 is 0.483 bits per heavy atom. The molecule has 9 aromatic rings. The van der Waals surface area contributed by atoms with Crippen LogP contribution in [0.2, 0.25) is 0 Å². The van der Waals surface area contributed by atoms with E-state index < -0.39 is 0 Å². The second kappa shape index (κ2) is 21.8. The molecule has 0 saturated heterocycles. The van der Waals surface area contributed by atoms with Crippen molar-refractivity contribution in [1.82, 2.24) is 15.0 Å². The van der Waals surface area contributed by atoms with Gasteiger partial charge in [0, 0.05) is 84.3 Å². The van der Waals surface area contributed by atoms with Crippen LogP contribution in [-0.2, 0) is 0 Å². The van der Waals surface area contributed by atoms with E-state index in [0.717, 1.165) is 169 Å². The Bertz CT molecular complexity index is 4210. The van der Waals surface area contributed by atoms with Crippen LogP contribution in [0.3, 0.4) is 0 Å². The Kier molecular flexibility index (Phi) is 14.1. The number of hydrogen-bond donors (Lipinski definition) is 3. The quantitative estimate of drug-likeness (QED) is 0.154. The fourth-order valence-electron chi connectivity index (χ4n) is 14.1. The van der Waals surface area contributed by atoms with Crippen LogP contribution in [0, 0.1) is 83.1 Å². The van der Waals surface area contributed by atoms with E-state index in [4.69, 9.17) is 29.2 Å². The molecule has 18 bridgehead atoms. The molecule has 3 aromatic heterocycles. The maximum atomic E-state index is 6.49. The molecule has 9 nitrogen and oxygen atoms in total. The van der Waals surface area contributed by atoms with Crippen molar-refractivity contribution < 1.29 is 14.2 Å². The number of aromatic nitrogens is 3. The van der Waals surface area contributed by atoms with E-state index in [0.29, 0.717) is 0 Å². The number of fused-ring (bicyclic) bond motifs is 21. The summed E-state index contributed by atoms with van der Waals surface area (Å²) in [5.74, 6) is 2.17. The lowest BCUT2D eigenvalue weighted by Crippen LogP contribution is -2.04. The van der Waals surface area contributed by atoms with Gasteiger partial charge in [-0.15, -0.1) is 0 Å². The van der Waals surface area contributed by atoms with Crippen molar-refractivity contribution in [2.45, 2.75) is 83.1 Å². The number of benzene rings is 6. The van der Waals surface area contributed by atoms with Gasteiger partial charge in [-0.1, -0.05) is 53.1 Å². The summed E-state index contributed by atoms with van der Waals surface area (Å²) >= 11 is 0. The van der Waals surface area contributed by atoms with Crippen LogP contribution in [0.5, 0.6) is 17.2 Å². The molecule has 0 amide bonds. The Labute approximate surface area is 510 Å². The third kappa shape index (κ3) is 9.81. The van der Waals surface area contributed by atoms with Crippen LogP contribution in [-0.4, -0.2) is 53.4 Å². The van der Waals surface area contributed by atoms with Crippen molar-refractivity contribution in [3.63, 3.8) is 0 Å². The number of nitrogens with one attached hydrogen (secondary N) is 3. The summed E-state index contributed by atoms with van der Waals surface area (Å²) in [5.41, 5.74) is 36.2. The molecule has 432 valence electrons. The summed E-state index contributed by atoms with van der Waals surface area (Å²) in [4.78, 5) is 28.4. The molecule has 0 radical (unpaired) electrons. The van der Waals surface area contributed by atoms with E-state index in [2.05, 4.69) is 244 Å². The number of rotatable bonds is 6. The Hall–Kier alpha value is -9.99. The molecule has 9 heteroatoms. The minimum atomic E-state index is 0.725. The largest absolute Gasteiger partial charge is 0.495 e. The van der Waals surface area contributed by atoms with Gasteiger partial charge in [-0.3, -0.25) is 0 Å². The smallest absolute Gasteiger partial charge is 0.137 e. The Morgan fingerprint density at radius 1 is 0.264 bits per heavy atom. The number of allylic oxidation sites excluding steroid dienone is 6. The van der Waals surface area contributed by atoms with Gasteiger partial charge in [0.1, 0.15) is 17.2 Å². The monoisotopic (exact) mass is 1140 g/mol. The molecule has 0 aliphatic carbocycles. The average molecular weight is 1140 g/mol. The molecule has 0 unspecified atom stereocenters. The van der Waals surface area contributed by atoms with Crippen LogP contribution < -0.4 is 14.2 Å². The van der Waals surface area contributed by atoms with Gasteiger partial charge in [-0.25, -0.2) is 15.0 Å². The highest BCUT2D eigenvalue weighted by atomic mass is 16.5. The molecule has 4 aliphatic rings. The molecule has 13 rings (SSSR count). The van der Waals surface area contributed by atoms with E-state index in [9.17, 15) is 0 Å². The highest BCUT2D eigenvalue weighted by Gasteiger charge is 2.29. The molecule has 0 fully saturated rings. The zero-order chi connectivity index (χ0) is 60.9. The van der Waals surface area contributed by atoms with Gasteiger partial charge < -0.3 is 29.2 Å². The van der Waals surface area contributed by atoms with E-state index in [1.807, 2.05) is 0 Å². The van der Waals surface area contributed by atoms with E-state index >= 15 is 0 Å². The van der Waals surface area contributed by atoms with Crippen LogP contribution >= 0.6 is 0 Å². The molecular weight excluding hydrogens is 1070 g/mol. The van der Waals surface area contributed by atoms with Gasteiger partial charge in [0.25, 0.3) is 0 Å². The van der Waals surface area contributed by atoms with E-state index in [1.54, 1.807) is 21.3 Å². The topological polar surface area (TPSA) is 112 Å². The summed E-state index contributed by atoms with van der Waals surface area (Å²) in [6.07, 6.45) is 12.8. The third-order valence-electron chi connectivity index (χ3n) is 17.3. The number of aromatic amines is 3. The van der Waals surface area contributed by atoms with Gasteiger partial charge in [0.2, 0.25) is 0 Å². The standard InChI is InChI=1S/C78H72N6O3/c1-40-28-46(7)70(47(8)29-40)73-64-22-16-58(79-64)52-34-43(4)36-54(76(52)85-13)60-18-24-66(81-60)74(71-48(9)30-41(2)31-49(71)10)68-26-20-62(83-68)56-38-45(6)39-57(78(56)87-15)63-21-27-69(84-63)75(72-50(11)32-42(3)33-51(72)12)67-25-19-61(82-67)55-37-44(5)35-53(77(55)86-14)59-17-23-65(73)80-59/h16-39,79,82-83H,1-15H3. The number of ether oxygens (including phenoxy) is 3. The number of methoxy groups -OCH3 is 3. The van der Waals surface area contributed by atoms with Gasteiger partial charge >= 0.3 is 0 Å². The summed E-state index contributed by atoms with van der Waals surface area (Å²) in [6, 6.07) is 39.7. The first-order chi connectivity index (χ1) is 41.9. The van der Waals surface area contributed by atoms with Crippen molar-refractivity contribution in [2.24, 2.45) is 15.0 Å². The molecule has 4 aliphatic heterocycles. The first-order valence-electron chi connectivity index (χ1n) is 29.8. The fraction of sp³-hybridized carbons (Fsp3) is 0.192. The van der Waals surface area contributed by atoms with Crippen molar-refractivity contribution >= 4 is 33.9 Å². The van der Waals surface area contributed by atoms with Crippen LogP contribution in [0.15, 0.2) is 178 Å². The number of aryl methyl sites for hydroxylation is 12. The molecule has 0 spiro atoms. The zero-order valence-electron chi connectivity index (χ0n) is 52.4. The SMILES string of the molecule is COc1c2cc(C)cc1-c1ccc([nH]1)C(c1c(C)cc(C)cc1C)=C1C=CC(=N1)c1cc(C)cc(c1OC)-c1ccc([nH]1)C(c1c(C)cc(C)cc1C)=C1C=CC(=N1)c1cc(C)cc(c1OC)-c1ccc([nH]1)C(c1c(C)cc(C)cc1C)=C1C=CC2=N1. The number of aliphatic imine (C=N–C) groups is 3. The maximum absolute atomic E-state index is 6.49. The first-order valence-corrected chi connectivity index (χ1v) is 29.8. The minimum absolute atomic E-state index is 0.725. The second-order valence-corrected chi connectivity index (χ2v) is 24.1. The summed E-state index contributed by atoms with van der Waals surface area (Å²) < 4.78 is 19.5. The maximum Gasteiger partial charge on any atom is 0.137 e. The third-order valence-corrected chi connectivity index (χ3v) is 17.3. The number of nitrogens with zero attached hydrogens (tertiary/aromatic N) is 3. The molecule has 6 aromatic carbocycles. The molecule has 7 heterocycles. The summed E-state index contributed by atoms with van der Waals surface area (Å²) in [5, 5.41) is 0. The van der Waals surface area contributed by atoms with Crippen LogP contribution in [0.1, 0.15) is 117 Å². The molecule has 0 saturated carbocycles. The number of H-pyrrole nitrogens is 3. The molecule has 3 N–H and O–H groups in total. The predicted molar refractivity (Wildman–Crippen MR) is 360 cm³/mol. The zero-order valence-corrected chi connectivity index (χ0v) is 52.4. The van der Waals surface area contributed by atoms with Crippen molar-refractivity contribution in [3.05, 3.63) is 280 Å². The van der Waals surface area contributed by atoms with Gasteiger partial charge in [0.15, 0.2) is 0 Å². The Morgan fingerprint density at radius 3 is 0.724 bits per heavy atom. The second-order valence-electron chi connectivity index (χ2n) is 24.1. The summed E-state index contributed by atoms with van der Waals surface area (Å²) in [6.45, 7) is 26.0. The van der Waals surface area contributed by atoms with Crippen molar-refractivity contribution in [3.8, 4) is 51.0 Å². The molecular formula is C78H72N6O3. The van der Waals surface area contributed by atoms with Gasteiger partial charge in [0.05, 0.1) is 55.6 Å². The average Bonchev–Trinajstić information content (AvgIpc) is 1.86. The molecule has 87 heavy (non-hydrogen) atoms. The lowest BCUT2D eigenvalue weighted by atomic mass is 9.90. The minimum Gasteiger partial charge on any atom is -0.495 e. The van der Waals surface area contributed by atoms with E-state index in [1.165, 1.54) is 50.1 Å². The van der Waals surface area contributed by atoms with Crippen molar-refractivity contribution in [2.75, 3.05) is 21.3 Å². The lowest BCUT2D eigenvalue weighted by molar-refractivity contribution is 0.415. The van der Waals surface area contributed by atoms with Crippen LogP contribution in [0.4, 0.5) is 0 Å². The van der Waals surface area contributed by atoms with Gasteiger partial charge in [-0.2, -0.15) is 0 Å². The fourth-order valence-corrected chi connectivity index (χ4v) is 14.1. The van der Waals surface area contributed by atoms with Gasteiger partial charge in [-0.05, 0) is 259 Å². The Balaban J connectivity index is 1.09. The van der Waals surface area contributed by atoms with Crippen molar-refractivity contribution in [1.29, 1.82) is 0 Å². The van der Waals surface area contributed by atoms with Crippen LogP contribution in [0.25, 0.3) is 50.5 Å². The number of hydrogen-bond acceptors (Lipinski definition) is 6. The lowest BCUT2D eigenvalue weighted by Gasteiger charge is -2.18.